The number of hydrazine groups is 1. The van der Waals surface area contributed by atoms with E-state index >= 15 is 0 Å². The molecule has 6 rings (SSSR count). The molecule has 0 saturated carbocycles. The van der Waals surface area contributed by atoms with Gasteiger partial charge in [-0.05, 0) is 70.0 Å². The molecule has 1 aliphatic heterocycles. The van der Waals surface area contributed by atoms with E-state index in [1.165, 1.54) is 29.7 Å². The Morgan fingerprint density at radius 3 is 2.24 bits per heavy atom. The van der Waals surface area contributed by atoms with Crippen LogP contribution in [0.4, 0.5) is 27.8 Å². The lowest BCUT2D eigenvalue weighted by Gasteiger charge is -2.37. The molecule has 0 fully saturated rings. The summed E-state index contributed by atoms with van der Waals surface area (Å²) in [5.74, 6) is 1.46. The Morgan fingerprint density at radius 2 is 1.54 bits per heavy atom. The number of aldehydes is 1. The number of likely N-dealkylation sites (N-methyl/N-ethyl adjacent to an activating group) is 2. The highest BCUT2D eigenvalue weighted by molar-refractivity contribution is 7.98. The number of ether oxygens (including phenoxy) is 3. The molecule has 0 saturated heterocycles. The van der Waals surface area contributed by atoms with Gasteiger partial charge in [0.1, 0.15) is 40.7 Å². The van der Waals surface area contributed by atoms with Crippen molar-refractivity contribution in [2.45, 2.75) is 69.2 Å². The first kappa shape index (κ1) is 50.8. The molecule has 1 N–H and O–H groups in total. The van der Waals surface area contributed by atoms with Crippen molar-refractivity contribution in [3.05, 3.63) is 108 Å². The average molecular weight is 965 g/mol. The number of aromatic nitrogens is 4. The van der Waals surface area contributed by atoms with Gasteiger partial charge >= 0.3 is 6.09 Å². The molecule has 3 heterocycles. The lowest BCUT2D eigenvalue weighted by Crippen LogP contribution is -2.52. The van der Waals surface area contributed by atoms with Crippen LogP contribution in [0.1, 0.15) is 73.4 Å². The van der Waals surface area contributed by atoms with E-state index < -0.39 is 23.9 Å². The molecule has 2 unspecified atom stereocenters. The predicted molar refractivity (Wildman–Crippen MR) is 268 cm³/mol. The average Bonchev–Trinajstić information content (AvgIpc) is 3.48. The van der Waals surface area contributed by atoms with Crippen LogP contribution in [0.5, 0.6) is 11.5 Å². The molecule has 0 radical (unpaired) electrons. The van der Waals surface area contributed by atoms with Crippen LogP contribution in [-0.2, 0) is 9.53 Å². The Morgan fingerprint density at radius 1 is 0.868 bits per heavy atom. The molecule has 0 aliphatic carbocycles. The fraction of sp³-hybridized carbons (Fsp3) is 0.388. The number of alkyl carbamates (subject to hydrolysis) is 1. The van der Waals surface area contributed by atoms with Crippen molar-refractivity contribution in [1.82, 2.24) is 30.3 Å². The number of nitrogens with one attached hydrogen (secondary N) is 1. The summed E-state index contributed by atoms with van der Waals surface area (Å²) in [4.78, 5) is 76.7. The van der Waals surface area contributed by atoms with Crippen molar-refractivity contribution in [3.63, 3.8) is 0 Å². The molecule has 3 aromatic carbocycles. The van der Waals surface area contributed by atoms with Gasteiger partial charge in [-0.25, -0.2) is 29.7 Å². The quantitative estimate of drug-likeness (QED) is 0.0453. The predicted octanol–water partition coefficient (Wildman–Crippen LogP) is 7.83. The standard InChI is InChI=1S/C49H60N10O7S2/c1-10-42(61)59(31-33(2)64-38-20-14-18-36(26-38)55(6)22-23-56(7)43-35(32-60)28-50-46(53-43)67-8)58-25-24-57(45(62)40-29-51-47(68-9)54-44(40)58)37-19-15-21-39(27-37)65-41(34-16-12-11-13-17-34)30-52-48(63)66-49(3,4)5/h11-21,26-29,32-33,41H,10,22-25,30-31H2,1-9H3,(H,52,63). The smallest absolute Gasteiger partial charge is 0.407 e. The van der Waals surface area contributed by atoms with Gasteiger partial charge in [-0.2, -0.15) is 0 Å². The first-order valence-corrected chi connectivity index (χ1v) is 24.7. The van der Waals surface area contributed by atoms with E-state index in [0.717, 1.165) is 17.5 Å². The zero-order valence-corrected chi connectivity index (χ0v) is 41.7. The summed E-state index contributed by atoms with van der Waals surface area (Å²) in [6.45, 7) is 11.0. The number of nitrogens with zero attached hydrogens (tertiary/aromatic N) is 9. The van der Waals surface area contributed by atoms with E-state index in [2.05, 4.69) is 25.2 Å². The molecule has 360 valence electrons. The van der Waals surface area contributed by atoms with Crippen molar-refractivity contribution in [3.8, 4) is 11.5 Å². The van der Waals surface area contributed by atoms with Crippen LogP contribution in [0.3, 0.4) is 0 Å². The number of amides is 3. The summed E-state index contributed by atoms with van der Waals surface area (Å²) in [7, 11) is 3.88. The van der Waals surface area contributed by atoms with Crippen LogP contribution in [0.2, 0.25) is 0 Å². The first-order chi connectivity index (χ1) is 32.6. The molecular weight excluding hydrogens is 905 g/mol. The minimum Gasteiger partial charge on any atom is -0.489 e. The number of carbonyl (C=O) groups is 4. The Hall–Kier alpha value is -6.60. The maximum atomic E-state index is 14.6. The molecule has 5 aromatic rings. The molecule has 0 spiro atoms. The summed E-state index contributed by atoms with van der Waals surface area (Å²) >= 11 is 2.75. The zero-order valence-electron chi connectivity index (χ0n) is 40.0. The fourth-order valence-corrected chi connectivity index (χ4v) is 7.99. The van der Waals surface area contributed by atoms with Gasteiger partial charge in [-0.3, -0.25) is 19.4 Å². The third-order valence-corrected chi connectivity index (χ3v) is 11.8. The Bertz CT molecular complexity index is 2530. The van der Waals surface area contributed by atoms with Crippen LogP contribution >= 0.6 is 23.5 Å². The molecule has 3 amide bonds. The molecular formula is C49H60N10O7S2. The van der Waals surface area contributed by atoms with Crippen molar-refractivity contribution in [1.29, 1.82) is 0 Å². The van der Waals surface area contributed by atoms with Crippen molar-refractivity contribution >= 4 is 70.7 Å². The van der Waals surface area contributed by atoms with Gasteiger partial charge in [0, 0.05) is 76.1 Å². The van der Waals surface area contributed by atoms with E-state index in [1.807, 2.05) is 99.1 Å². The number of rotatable bonds is 20. The minimum absolute atomic E-state index is 0.128. The van der Waals surface area contributed by atoms with Crippen LogP contribution in [0, 0.1) is 0 Å². The first-order valence-electron chi connectivity index (χ1n) is 22.3. The summed E-state index contributed by atoms with van der Waals surface area (Å²) in [6.07, 6.45) is 6.13. The van der Waals surface area contributed by atoms with Gasteiger partial charge < -0.3 is 34.2 Å². The lowest BCUT2D eigenvalue weighted by atomic mass is 10.1. The van der Waals surface area contributed by atoms with Gasteiger partial charge in [0.05, 0.1) is 25.2 Å². The SMILES string of the molecule is CCC(=O)N(CC(C)Oc1cccc(N(C)CCN(C)c2nc(SC)ncc2C=O)c1)N1CCN(c2cccc(OC(CNC(=O)OC(C)(C)C)c3ccccc3)c2)C(=O)c2cnc(SC)nc21. The summed E-state index contributed by atoms with van der Waals surface area (Å²) in [5.41, 5.74) is 2.30. The van der Waals surface area contributed by atoms with Gasteiger partial charge in [0.15, 0.2) is 22.4 Å². The van der Waals surface area contributed by atoms with E-state index in [-0.39, 0.29) is 50.0 Å². The molecule has 68 heavy (non-hydrogen) atoms. The van der Waals surface area contributed by atoms with E-state index in [0.29, 0.717) is 57.8 Å². The Labute approximate surface area is 406 Å². The number of carbonyl (C=O) groups excluding carboxylic acids is 4. The number of hydrogen-bond donors (Lipinski definition) is 1. The van der Waals surface area contributed by atoms with Crippen molar-refractivity contribution in [2.75, 3.05) is 85.6 Å². The molecule has 17 nitrogen and oxygen atoms in total. The van der Waals surface area contributed by atoms with E-state index in [1.54, 1.807) is 67.0 Å². The van der Waals surface area contributed by atoms with Crippen LogP contribution < -0.4 is 34.5 Å². The van der Waals surface area contributed by atoms with Gasteiger partial charge in [0.25, 0.3) is 5.91 Å². The lowest BCUT2D eigenvalue weighted by molar-refractivity contribution is -0.132. The van der Waals surface area contributed by atoms with Crippen LogP contribution in [-0.4, -0.2) is 127 Å². The Balaban J connectivity index is 1.19. The molecule has 1 aliphatic rings. The monoisotopic (exact) mass is 964 g/mol. The maximum Gasteiger partial charge on any atom is 0.407 e. The second-order valence-electron chi connectivity index (χ2n) is 16.9. The number of hydrogen-bond acceptors (Lipinski definition) is 16. The topological polar surface area (TPSA) is 176 Å². The summed E-state index contributed by atoms with van der Waals surface area (Å²) in [5, 5.41) is 7.25. The van der Waals surface area contributed by atoms with Gasteiger partial charge in [-0.15, -0.1) is 0 Å². The number of benzene rings is 3. The summed E-state index contributed by atoms with van der Waals surface area (Å²) in [6, 6.07) is 24.5. The van der Waals surface area contributed by atoms with Gasteiger partial charge in [0.2, 0.25) is 5.91 Å². The van der Waals surface area contributed by atoms with Crippen LogP contribution in [0.25, 0.3) is 0 Å². The minimum atomic E-state index is -0.668. The highest BCUT2D eigenvalue weighted by Gasteiger charge is 2.35. The second kappa shape index (κ2) is 23.4. The Kier molecular flexibility index (Phi) is 17.5. The molecule has 2 atom stereocenters. The van der Waals surface area contributed by atoms with E-state index in [9.17, 15) is 19.2 Å². The molecule has 2 aromatic heterocycles. The van der Waals surface area contributed by atoms with Crippen molar-refractivity contribution < 1.29 is 33.4 Å². The van der Waals surface area contributed by atoms with Crippen LogP contribution in [0.15, 0.2) is 102 Å². The summed E-state index contributed by atoms with van der Waals surface area (Å²) < 4.78 is 18.5. The highest BCUT2D eigenvalue weighted by atomic mass is 32.2. The number of fused-ring (bicyclic) bond motifs is 1. The van der Waals surface area contributed by atoms with Crippen molar-refractivity contribution in [2.24, 2.45) is 0 Å². The third-order valence-electron chi connectivity index (χ3n) is 10.7. The molecule has 0 bridgehead atoms. The van der Waals surface area contributed by atoms with E-state index in [4.69, 9.17) is 19.2 Å². The molecule has 19 heteroatoms. The fourth-order valence-electron chi connectivity index (χ4n) is 7.32. The number of anilines is 4. The number of thioether (sulfide) groups is 2. The van der Waals surface area contributed by atoms with Gasteiger partial charge in [-0.1, -0.05) is 72.9 Å². The maximum absolute atomic E-state index is 14.6. The third kappa shape index (κ3) is 13.3. The zero-order chi connectivity index (χ0) is 49.0. The second-order valence-corrected chi connectivity index (χ2v) is 18.5. The normalized spacial score (nSPS) is 13.4. The highest BCUT2D eigenvalue weighted by Crippen LogP contribution is 2.33. The largest absolute Gasteiger partial charge is 0.489 e.